The smallest absolute Gasteiger partial charge is 0.319 e. The van der Waals surface area contributed by atoms with Crippen LogP contribution in [0.3, 0.4) is 0 Å². The maximum absolute atomic E-state index is 11.1. The standard InChI is InChI=1S/C9H11ClN2O3S/c1-2-11-9(13)12-7-3-5-8(6-4-7)16(10,14)15/h3-6H,2H2,1H3,(H2,11,12,13). The highest BCUT2D eigenvalue weighted by atomic mass is 35.7. The first-order valence-electron chi connectivity index (χ1n) is 4.53. The number of amides is 2. The van der Waals surface area contributed by atoms with Crippen LogP contribution in [0.5, 0.6) is 0 Å². The monoisotopic (exact) mass is 262 g/mol. The first-order chi connectivity index (χ1) is 7.43. The molecule has 2 amide bonds. The van der Waals surface area contributed by atoms with Gasteiger partial charge in [0.1, 0.15) is 0 Å². The van der Waals surface area contributed by atoms with E-state index in [1.54, 1.807) is 6.92 Å². The molecule has 1 aromatic rings. The fourth-order valence-electron chi connectivity index (χ4n) is 1.04. The van der Waals surface area contributed by atoms with E-state index in [1.807, 2.05) is 0 Å². The number of urea groups is 1. The average molecular weight is 263 g/mol. The summed E-state index contributed by atoms with van der Waals surface area (Å²) >= 11 is 0. The van der Waals surface area contributed by atoms with Crippen molar-refractivity contribution in [2.45, 2.75) is 11.8 Å². The molecule has 1 rings (SSSR count). The predicted octanol–water partition coefficient (Wildman–Crippen LogP) is 1.76. The van der Waals surface area contributed by atoms with Crippen LogP contribution < -0.4 is 10.6 Å². The fraction of sp³-hybridized carbons (Fsp3) is 0.222. The number of rotatable bonds is 3. The van der Waals surface area contributed by atoms with Gasteiger partial charge >= 0.3 is 6.03 Å². The van der Waals surface area contributed by atoms with Gasteiger partial charge in [0.15, 0.2) is 0 Å². The third kappa shape index (κ3) is 3.71. The Morgan fingerprint density at radius 2 is 1.88 bits per heavy atom. The summed E-state index contributed by atoms with van der Waals surface area (Å²) in [5.74, 6) is 0. The number of hydrogen-bond acceptors (Lipinski definition) is 3. The maximum atomic E-state index is 11.1. The number of benzene rings is 1. The van der Waals surface area contributed by atoms with Crippen LogP contribution in [0.2, 0.25) is 0 Å². The van der Waals surface area contributed by atoms with Gasteiger partial charge in [-0.05, 0) is 31.2 Å². The van der Waals surface area contributed by atoms with Gasteiger partial charge in [0, 0.05) is 22.9 Å². The zero-order valence-corrected chi connectivity index (χ0v) is 10.1. The molecule has 2 N–H and O–H groups in total. The minimum Gasteiger partial charge on any atom is -0.338 e. The van der Waals surface area contributed by atoms with Gasteiger partial charge in [-0.2, -0.15) is 0 Å². The molecule has 5 nitrogen and oxygen atoms in total. The summed E-state index contributed by atoms with van der Waals surface area (Å²) in [5.41, 5.74) is 0.495. The van der Waals surface area contributed by atoms with Crippen molar-refractivity contribution in [2.75, 3.05) is 11.9 Å². The van der Waals surface area contributed by atoms with E-state index in [2.05, 4.69) is 10.6 Å². The third-order valence-electron chi connectivity index (χ3n) is 1.73. The molecule has 0 unspecified atom stereocenters. The number of hydrogen-bond donors (Lipinski definition) is 2. The maximum Gasteiger partial charge on any atom is 0.319 e. The molecule has 0 aliphatic carbocycles. The van der Waals surface area contributed by atoms with E-state index in [4.69, 9.17) is 10.7 Å². The molecule has 7 heteroatoms. The van der Waals surface area contributed by atoms with Crippen LogP contribution >= 0.6 is 10.7 Å². The fourth-order valence-corrected chi connectivity index (χ4v) is 1.81. The summed E-state index contributed by atoms with van der Waals surface area (Å²) in [6.07, 6.45) is 0. The number of carbonyl (C=O) groups excluding carboxylic acids is 1. The lowest BCUT2D eigenvalue weighted by Gasteiger charge is -2.05. The molecule has 0 saturated heterocycles. The largest absolute Gasteiger partial charge is 0.338 e. The summed E-state index contributed by atoms with van der Waals surface area (Å²) in [6, 6.07) is 5.23. The van der Waals surface area contributed by atoms with E-state index < -0.39 is 9.05 Å². The molecule has 0 heterocycles. The summed E-state index contributed by atoms with van der Waals surface area (Å²) in [7, 11) is 1.42. The molecular weight excluding hydrogens is 252 g/mol. The molecule has 0 radical (unpaired) electrons. The van der Waals surface area contributed by atoms with Crippen LogP contribution in [0.1, 0.15) is 6.92 Å². The molecule has 88 valence electrons. The Bertz CT molecular complexity index is 470. The van der Waals surface area contributed by atoms with E-state index in [9.17, 15) is 13.2 Å². The average Bonchev–Trinajstić information content (AvgIpc) is 2.17. The van der Waals surface area contributed by atoms with E-state index in [0.29, 0.717) is 12.2 Å². The summed E-state index contributed by atoms with van der Waals surface area (Å²) in [4.78, 5) is 11.1. The Morgan fingerprint density at radius 1 is 1.31 bits per heavy atom. The second-order valence-electron chi connectivity index (χ2n) is 2.95. The zero-order valence-electron chi connectivity index (χ0n) is 8.53. The molecule has 0 bridgehead atoms. The topological polar surface area (TPSA) is 75.3 Å². The van der Waals surface area contributed by atoms with Crippen LogP contribution in [0.4, 0.5) is 10.5 Å². The lowest BCUT2D eigenvalue weighted by molar-refractivity contribution is 0.252. The Hall–Kier alpha value is -1.27. The molecule has 1 aromatic carbocycles. The predicted molar refractivity (Wildman–Crippen MR) is 62.2 cm³/mol. The molecule has 0 aliphatic heterocycles. The molecule has 16 heavy (non-hydrogen) atoms. The zero-order chi connectivity index (χ0) is 12.2. The van der Waals surface area contributed by atoms with E-state index in [0.717, 1.165) is 0 Å². The summed E-state index contributed by atoms with van der Waals surface area (Å²) in [5, 5.41) is 5.08. The van der Waals surface area contributed by atoms with Crippen molar-refractivity contribution in [3.8, 4) is 0 Å². The van der Waals surface area contributed by atoms with Gasteiger partial charge < -0.3 is 10.6 Å². The minimum atomic E-state index is -3.71. The van der Waals surface area contributed by atoms with Gasteiger partial charge in [-0.15, -0.1) is 0 Å². The van der Waals surface area contributed by atoms with Gasteiger partial charge in [0.05, 0.1) is 4.90 Å². The third-order valence-corrected chi connectivity index (χ3v) is 3.10. The number of carbonyl (C=O) groups is 1. The minimum absolute atomic E-state index is 0.00406. The van der Waals surface area contributed by atoms with Crippen LogP contribution in [-0.2, 0) is 9.05 Å². The number of anilines is 1. The summed E-state index contributed by atoms with van der Waals surface area (Å²) < 4.78 is 21.9. The van der Waals surface area contributed by atoms with Gasteiger partial charge in [-0.1, -0.05) is 0 Å². The van der Waals surface area contributed by atoms with Crippen LogP contribution in [0.25, 0.3) is 0 Å². The Balaban J connectivity index is 2.76. The van der Waals surface area contributed by atoms with Gasteiger partial charge in [0.2, 0.25) is 0 Å². The van der Waals surface area contributed by atoms with Crippen molar-refractivity contribution in [1.29, 1.82) is 0 Å². The molecule has 0 atom stereocenters. The SMILES string of the molecule is CCNC(=O)Nc1ccc(S(=O)(=O)Cl)cc1. The van der Waals surface area contributed by atoms with E-state index in [-0.39, 0.29) is 10.9 Å². The number of nitrogens with one attached hydrogen (secondary N) is 2. The second kappa shape index (κ2) is 5.18. The van der Waals surface area contributed by atoms with E-state index in [1.165, 1.54) is 24.3 Å². The van der Waals surface area contributed by atoms with Crippen molar-refractivity contribution in [2.24, 2.45) is 0 Å². The van der Waals surface area contributed by atoms with Crippen molar-refractivity contribution < 1.29 is 13.2 Å². The van der Waals surface area contributed by atoms with E-state index >= 15 is 0 Å². The van der Waals surface area contributed by atoms with Gasteiger partial charge in [-0.25, -0.2) is 13.2 Å². The van der Waals surface area contributed by atoms with Gasteiger partial charge in [0.25, 0.3) is 9.05 Å². The first-order valence-corrected chi connectivity index (χ1v) is 6.84. The van der Waals surface area contributed by atoms with Crippen LogP contribution in [0, 0.1) is 0 Å². The van der Waals surface area contributed by atoms with Crippen molar-refractivity contribution in [3.63, 3.8) is 0 Å². The normalized spacial score (nSPS) is 10.9. The van der Waals surface area contributed by atoms with Crippen molar-refractivity contribution >= 4 is 31.5 Å². The quantitative estimate of drug-likeness (QED) is 0.815. The Morgan fingerprint density at radius 3 is 2.31 bits per heavy atom. The summed E-state index contributed by atoms with van der Waals surface area (Å²) in [6.45, 7) is 2.31. The highest BCUT2D eigenvalue weighted by Gasteiger charge is 2.09. The molecule has 0 aromatic heterocycles. The first kappa shape index (κ1) is 12.8. The second-order valence-corrected chi connectivity index (χ2v) is 5.51. The molecular formula is C9H11ClN2O3S. The van der Waals surface area contributed by atoms with Crippen molar-refractivity contribution in [3.05, 3.63) is 24.3 Å². The highest BCUT2D eigenvalue weighted by Crippen LogP contribution is 2.17. The Kier molecular flexibility index (Phi) is 4.14. The number of halogens is 1. The van der Waals surface area contributed by atoms with Crippen molar-refractivity contribution in [1.82, 2.24) is 5.32 Å². The lowest BCUT2D eigenvalue weighted by atomic mass is 10.3. The lowest BCUT2D eigenvalue weighted by Crippen LogP contribution is -2.28. The highest BCUT2D eigenvalue weighted by molar-refractivity contribution is 8.13. The molecule has 0 aliphatic rings. The Labute approximate surface area is 98.2 Å². The van der Waals surface area contributed by atoms with Crippen LogP contribution in [0.15, 0.2) is 29.2 Å². The molecule has 0 spiro atoms. The van der Waals surface area contributed by atoms with Crippen LogP contribution in [-0.4, -0.2) is 21.0 Å². The molecule has 0 saturated carbocycles. The van der Waals surface area contributed by atoms with Gasteiger partial charge in [-0.3, -0.25) is 0 Å². The molecule has 0 fully saturated rings.